The highest BCUT2D eigenvalue weighted by atomic mass is 32.2. The Hall–Kier alpha value is -2.54. The maximum Gasteiger partial charge on any atom is 0.249 e. The first kappa shape index (κ1) is 17.3. The molecule has 0 aliphatic carbocycles. The largest absolute Gasteiger partial charge is 0.497 e. The highest BCUT2D eigenvalue weighted by Gasteiger charge is 2.54. The minimum Gasteiger partial charge on any atom is -0.497 e. The lowest BCUT2D eigenvalue weighted by atomic mass is 10.1. The van der Waals surface area contributed by atoms with Crippen LogP contribution in [0.2, 0.25) is 0 Å². The predicted molar refractivity (Wildman–Crippen MR) is 97.4 cm³/mol. The van der Waals surface area contributed by atoms with Crippen LogP contribution in [0.15, 0.2) is 54.6 Å². The van der Waals surface area contributed by atoms with E-state index in [1.165, 1.54) is 11.2 Å². The number of carbonyl (C=O) groups excluding carboxylic acids is 1. The molecule has 1 heterocycles. The van der Waals surface area contributed by atoms with Gasteiger partial charge in [0, 0.05) is 12.2 Å². The Labute approximate surface area is 147 Å². The minimum absolute atomic E-state index is 0.228. The van der Waals surface area contributed by atoms with Crippen LogP contribution >= 0.6 is 0 Å². The van der Waals surface area contributed by atoms with E-state index >= 15 is 0 Å². The molecule has 1 fully saturated rings. The number of nitrogens with zero attached hydrogens (tertiary/aromatic N) is 1. The number of sulfonamides is 1. The van der Waals surface area contributed by atoms with Crippen molar-refractivity contribution in [3.8, 4) is 5.75 Å². The van der Waals surface area contributed by atoms with Crippen molar-refractivity contribution in [2.75, 3.05) is 23.3 Å². The number of methoxy groups -OCH3 is 1. The van der Waals surface area contributed by atoms with Crippen molar-refractivity contribution >= 4 is 27.3 Å². The summed E-state index contributed by atoms with van der Waals surface area (Å²) in [7, 11) is -2.26. The van der Waals surface area contributed by atoms with Crippen molar-refractivity contribution in [3.63, 3.8) is 0 Å². The van der Waals surface area contributed by atoms with Gasteiger partial charge in [0.15, 0.2) is 4.75 Å². The Kier molecular flexibility index (Phi) is 4.43. The summed E-state index contributed by atoms with van der Waals surface area (Å²) in [4.78, 5) is 12.7. The third-order valence-electron chi connectivity index (χ3n) is 4.52. The summed E-state index contributed by atoms with van der Waals surface area (Å²) in [6.07, 6.45) is 0.228. The summed E-state index contributed by atoms with van der Waals surface area (Å²) in [6, 6.07) is 15.6. The maximum atomic E-state index is 13.0. The van der Waals surface area contributed by atoms with Crippen LogP contribution in [0.25, 0.3) is 0 Å². The number of hydrogen-bond donors (Lipinski definition) is 1. The van der Waals surface area contributed by atoms with Gasteiger partial charge in [-0.3, -0.25) is 9.10 Å². The van der Waals surface area contributed by atoms with Crippen LogP contribution in [0.1, 0.15) is 13.3 Å². The van der Waals surface area contributed by atoms with Crippen molar-refractivity contribution in [2.45, 2.75) is 18.1 Å². The summed E-state index contributed by atoms with van der Waals surface area (Å²) in [5.74, 6) is 0.129. The van der Waals surface area contributed by atoms with Gasteiger partial charge in [0.1, 0.15) is 5.75 Å². The maximum absolute atomic E-state index is 13.0. The average Bonchev–Trinajstić information content (AvgIpc) is 2.87. The van der Waals surface area contributed by atoms with Crippen molar-refractivity contribution in [1.82, 2.24) is 0 Å². The summed E-state index contributed by atoms with van der Waals surface area (Å²) in [5.41, 5.74) is 1.10. The van der Waals surface area contributed by atoms with E-state index in [4.69, 9.17) is 4.74 Å². The number of nitrogens with one attached hydrogen (secondary N) is 1. The molecule has 0 unspecified atom stereocenters. The molecule has 1 aliphatic rings. The minimum atomic E-state index is -3.82. The Morgan fingerprint density at radius 1 is 1.12 bits per heavy atom. The molecule has 1 saturated heterocycles. The van der Waals surface area contributed by atoms with Crippen molar-refractivity contribution in [1.29, 1.82) is 0 Å². The number of rotatable bonds is 4. The van der Waals surface area contributed by atoms with Gasteiger partial charge in [-0.05, 0) is 49.7 Å². The van der Waals surface area contributed by atoms with E-state index in [1.807, 2.05) is 6.07 Å². The van der Waals surface area contributed by atoms with E-state index in [0.29, 0.717) is 17.1 Å². The Morgan fingerprint density at radius 3 is 2.36 bits per heavy atom. The fraction of sp³-hybridized carbons (Fsp3) is 0.278. The predicted octanol–water partition coefficient (Wildman–Crippen LogP) is 2.63. The topological polar surface area (TPSA) is 75.7 Å². The molecule has 7 heteroatoms. The lowest BCUT2D eigenvalue weighted by Crippen LogP contribution is -2.47. The number of ether oxygens (including phenoxy) is 1. The van der Waals surface area contributed by atoms with Crippen molar-refractivity contribution < 1.29 is 17.9 Å². The van der Waals surface area contributed by atoms with Crippen molar-refractivity contribution in [3.05, 3.63) is 54.6 Å². The van der Waals surface area contributed by atoms with E-state index in [-0.39, 0.29) is 13.0 Å². The molecule has 2 aromatic carbocycles. The molecule has 2 aromatic rings. The molecule has 25 heavy (non-hydrogen) atoms. The van der Waals surface area contributed by atoms with Gasteiger partial charge >= 0.3 is 0 Å². The van der Waals surface area contributed by atoms with E-state index in [9.17, 15) is 13.2 Å². The standard InChI is InChI=1S/C18H20N2O4S/c1-18(17(21)19-14-8-10-16(24-2)11-9-14)12-13-20(25(18,22)23)15-6-4-3-5-7-15/h3-11H,12-13H2,1-2H3,(H,19,21)/t18-/m1/s1. The van der Waals surface area contributed by atoms with Gasteiger partial charge in [-0.15, -0.1) is 0 Å². The average molecular weight is 360 g/mol. The van der Waals surface area contributed by atoms with Gasteiger partial charge in [0.25, 0.3) is 0 Å². The highest BCUT2D eigenvalue weighted by Crippen LogP contribution is 2.37. The first-order valence-electron chi connectivity index (χ1n) is 7.91. The SMILES string of the molecule is COc1ccc(NC(=O)[C@@]2(C)CCN(c3ccccc3)S2(=O)=O)cc1. The van der Waals surface area contributed by atoms with Crippen LogP contribution in [0, 0.1) is 0 Å². The molecule has 1 N–H and O–H groups in total. The molecule has 1 aliphatic heterocycles. The molecular formula is C18H20N2O4S. The van der Waals surface area contributed by atoms with Gasteiger partial charge in [-0.25, -0.2) is 8.42 Å². The Balaban J connectivity index is 1.84. The van der Waals surface area contributed by atoms with E-state index in [0.717, 1.165) is 0 Å². The fourth-order valence-electron chi connectivity index (χ4n) is 2.84. The van der Waals surface area contributed by atoms with Gasteiger partial charge in [0.2, 0.25) is 15.9 Å². The van der Waals surface area contributed by atoms with Crippen LogP contribution in [0.5, 0.6) is 5.75 Å². The normalized spacial score (nSPS) is 21.8. The quantitative estimate of drug-likeness (QED) is 0.909. The summed E-state index contributed by atoms with van der Waals surface area (Å²) in [6.45, 7) is 1.75. The first-order chi connectivity index (χ1) is 11.9. The van der Waals surface area contributed by atoms with E-state index < -0.39 is 20.7 Å². The summed E-state index contributed by atoms with van der Waals surface area (Å²) >= 11 is 0. The summed E-state index contributed by atoms with van der Waals surface area (Å²) in [5, 5.41) is 2.70. The lowest BCUT2D eigenvalue weighted by molar-refractivity contribution is -0.118. The van der Waals surface area contributed by atoms with Gasteiger partial charge in [-0.1, -0.05) is 18.2 Å². The zero-order chi connectivity index (χ0) is 18.1. The summed E-state index contributed by atoms with van der Waals surface area (Å²) < 4.78 is 30.9. The number of anilines is 2. The fourth-order valence-corrected chi connectivity index (χ4v) is 4.69. The zero-order valence-electron chi connectivity index (χ0n) is 14.1. The second-order valence-corrected chi connectivity index (χ2v) is 8.37. The van der Waals surface area contributed by atoms with Crippen LogP contribution < -0.4 is 14.4 Å². The molecule has 6 nitrogen and oxygen atoms in total. The molecule has 132 valence electrons. The van der Waals surface area contributed by atoms with Crippen molar-refractivity contribution in [2.24, 2.45) is 0 Å². The molecular weight excluding hydrogens is 340 g/mol. The smallest absolute Gasteiger partial charge is 0.249 e. The number of hydrogen-bond acceptors (Lipinski definition) is 4. The van der Waals surface area contributed by atoms with Crippen LogP contribution in [-0.4, -0.2) is 32.7 Å². The highest BCUT2D eigenvalue weighted by molar-refractivity contribution is 7.95. The monoisotopic (exact) mass is 360 g/mol. The molecule has 0 aromatic heterocycles. The first-order valence-corrected chi connectivity index (χ1v) is 9.35. The molecule has 0 spiro atoms. The number of amides is 1. The molecule has 0 radical (unpaired) electrons. The van der Waals surface area contributed by atoms with Crippen LogP contribution in [-0.2, 0) is 14.8 Å². The van der Waals surface area contributed by atoms with Gasteiger partial charge < -0.3 is 10.1 Å². The van der Waals surface area contributed by atoms with Gasteiger partial charge in [0.05, 0.1) is 12.8 Å². The van der Waals surface area contributed by atoms with Gasteiger partial charge in [-0.2, -0.15) is 0 Å². The number of benzene rings is 2. The third kappa shape index (κ3) is 2.95. The van der Waals surface area contributed by atoms with E-state index in [2.05, 4.69) is 5.32 Å². The van der Waals surface area contributed by atoms with Crippen LogP contribution in [0.3, 0.4) is 0 Å². The molecule has 0 bridgehead atoms. The van der Waals surface area contributed by atoms with Crippen LogP contribution in [0.4, 0.5) is 11.4 Å². The number of carbonyl (C=O) groups is 1. The second-order valence-electron chi connectivity index (χ2n) is 6.08. The molecule has 1 amide bonds. The molecule has 3 rings (SSSR count). The Bertz CT molecular complexity index is 866. The third-order valence-corrected chi connectivity index (χ3v) is 7.03. The lowest BCUT2D eigenvalue weighted by Gasteiger charge is -2.25. The second kappa shape index (κ2) is 6.40. The zero-order valence-corrected chi connectivity index (χ0v) is 14.9. The molecule has 0 saturated carbocycles. The Morgan fingerprint density at radius 2 is 1.76 bits per heavy atom. The number of para-hydroxylation sites is 1. The van der Waals surface area contributed by atoms with E-state index in [1.54, 1.807) is 55.6 Å². The molecule has 1 atom stereocenters.